The van der Waals surface area contributed by atoms with Crippen LogP contribution in [0.2, 0.25) is 0 Å². The Morgan fingerprint density at radius 1 is 0.939 bits per heavy atom. The van der Waals surface area contributed by atoms with Crippen molar-refractivity contribution in [3.63, 3.8) is 0 Å². The average Bonchev–Trinajstić information content (AvgIpc) is 2.85. The van der Waals surface area contributed by atoms with Crippen LogP contribution in [0.1, 0.15) is 23.0 Å². The third-order valence-electron chi connectivity index (χ3n) is 5.68. The molecule has 1 aliphatic rings. The van der Waals surface area contributed by atoms with Crippen LogP contribution in [-0.2, 0) is 10.0 Å². The van der Waals surface area contributed by atoms with Gasteiger partial charge in [0.15, 0.2) is 0 Å². The third kappa shape index (κ3) is 4.91. The van der Waals surface area contributed by atoms with Gasteiger partial charge in [-0.15, -0.1) is 0 Å². The minimum absolute atomic E-state index is 0.127. The van der Waals surface area contributed by atoms with Gasteiger partial charge < -0.3 is 9.64 Å². The van der Waals surface area contributed by atoms with Crippen LogP contribution in [-0.4, -0.2) is 61.3 Å². The van der Waals surface area contributed by atoms with Gasteiger partial charge in [0.2, 0.25) is 10.0 Å². The molecule has 0 bridgehead atoms. The van der Waals surface area contributed by atoms with Gasteiger partial charge in [-0.2, -0.15) is 4.31 Å². The Kier molecular flexibility index (Phi) is 6.76. The molecular formula is C25H27N3O4S. The lowest BCUT2D eigenvalue weighted by Gasteiger charge is -2.34. The number of pyridine rings is 1. The van der Waals surface area contributed by atoms with Gasteiger partial charge in [-0.05, 0) is 50.2 Å². The van der Waals surface area contributed by atoms with Crippen molar-refractivity contribution in [3.8, 4) is 17.0 Å². The van der Waals surface area contributed by atoms with Gasteiger partial charge in [0.1, 0.15) is 5.75 Å². The highest BCUT2D eigenvalue weighted by atomic mass is 32.2. The molecule has 0 radical (unpaired) electrons. The zero-order chi connectivity index (χ0) is 23.4. The van der Waals surface area contributed by atoms with Crippen LogP contribution in [0.5, 0.6) is 5.75 Å². The van der Waals surface area contributed by atoms with Crippen LogP contribution < -0.4 is 4.74 Å². The second-order valence-corrected chi connectivity index (χ2v) is 9.73. The summed E-state index contributed by atoms with van der Waals surface area (Å²) in [5, 5.41) is 0. The van der Waals surface area contributed by atoms with E-state index in [1.165, 1.54) is 4.31 Å². The average molecular weight is 466 g/mol. The molecule has 8 heteroatoms. The predicted octanol–water partition coefficient (Wildman–Crippen LogP) is 3.60. The van der Waals surface area contributed by atoms with Gasteiger partial charge in [0.05, 0.1) is 28.5 Å². The van der Waals surface area contributed by atoms with E-state index >= 15 is 0 Å². The van der Waals surface area contributed by atoms with E-state index in [2.05, 4.69) is 4.98 Å². The van der Waals surface area contributed by atoms with Gasteiger partial charge in [-0.25, -0.2) is 8.42 Å². The first-order valence-corrected chi connectivity index (χ1v) is 12.4. The molecular weight excluding hydrogens is 438 g/mol. The van der Waals surface area contributed by atoms with E-state index in [1.54, 1.807) is 35.2 Å². The highest BCUT2D eigenvalue weighted by molar-refractivity contribution is 7.89. The monoisotopic (exact) mass is 465 g/mol. The molecule has 0 aliphatic carbocycles. The van der Waals surface area contributed by atoms with Crippen molar-refractivity contribution < 1.29 is 17.9 Å². The summed E-state index contributed by atoms with van der Waals surface area (Å²) in [4.78, 5) is 19.6. The van der Waals surface area contributed by atoms with Gasteiger partial charge in [-0.3, -0.25) is 9.78 Å². The Balaban J connectivity index is 1.42. The van der Waals surface area contributed by atoms with Crippen LogP contribution in [0.3, 0.4) is 0 Å². The molecule has 33 heavy (non-hydrogen) atoms. The predicted molar refractivity (Wildman–Crippen MR) is 127 cm³/mol. The van der Waals surface area contributed by atoms with Crippen molar-refractivity contribution >= 4 is 15.9 Å². The highest BCUT2D eigenvalue weighted by Gasteiger charge is 2.31. The molecule has 4 rings (SSSR count). The molecule has 0 atom stereocenters. The van der Waals surface area contributed by atoms with Crippen molar-refractivity contribution in [1.29, 1.82) is 0 Å². The number of benzene rings is 2. The molecule has 2 aromatic carbocycles. The Morgan fingerprint density at radius 2 is 1.61 bits per heavy atom. The first kappa shape index (κ1) is 22.9. The summed E-state index contributed by atoms with van der Waals surface area (Å²) in [7, 11) is -3.62. The number of sulfonamides is 1. The zero-order valence-corrected chi connectivity index (χ0v) is 19.6. The number of aromatic nitrogens is 1. The van der Waals surface area contributed by atoms with E-state index in [1.807, 2.05) is 50.2 Å². The lowest BCUT2D eigenvalue weighted by molar-refractivity contribution is 0.0696. The normalized spacial score (nSPS) is 14.8. The van der Waals surface area contributed by atoms with Crippen LogP contribution in [0.25, 0.3) is 11.3 Å². The van der Waals surface area contributed by atoms with E-state index in [-0.39, 0.29) is 23.9 Å². The molecule has 7 nitrogen and oxygen atoms in total. The number of nitrogens with zero attached hydrogens (tertiary/aromatic N) is 3. The Hall–Kier alpha value is -3.23. The standard InChI is InChI=1S/C25H27N3O4S/c1-3-32-21-9-11-22(12-10-21)33(30,31)28-17-15-27(16-18-28)25(29)23-13-14-24(26-19(23)2)20-7-5-4-6-8-20/h4-14H,3,15-18H2,1-2H3. The second-order valence-electron chi connectivity index (χ2n) is 7.80. The number of amides is 1. The maximum Gasteiger partial charge on any atom is 0.255 e. The van der Waals surface area contributed by atoms with Gasteiger partial charge >= 0.3 is 0 Å². The lowest BCUT2D eigenvalue weighted by atomic mass is 10.1. The number of hydrogen-bond acceptors (Lipinski definition) is 5. The molecule has 2 heterocycles. The van der Waals surface area contributed by atoms with Crippen LogP contribution in [0, 0.1) is 6.92 Å². The van der Waals surface area contributed by atoms with E-state index in [4.69, 9.17) is 4.74 Å². The SMILES string of the molecule is CCOc1ccc(S(=O)(=O)N2CCN(C(=O)c3ccc(-c4ccccc4)nc3C)CC2)cc1. The van der Waals surface area contributed by atoms with E-state index in [0.717, 1.165) is 11.3 Å². The number of aryl methyl sites for hydroxylation is 1. The molecule has 0 unspecified atom stereocenters. The van der Waals surface area contributed by atoms with Crippen molar-refractivity contribution in [3.05, 3.63) is 78.0 Å². The zero-order valence-electron chi connectivity index (χ0n) is 18.8. The lowest BCUT2D eigenvalue weighted by Crippen LogP contribution is -2.50. The van der Waals surface area contributed by atoms with Gasteiger partial charge in [0, 0.05) is 31.7 Å². The van der Waals surface area contributed by atoms with Crippen molar-refractivity contribution in [1.82, 2.24) is 14.2 Å². The molecule has 0 N–H and O–H groups in total. The Morgan fingerprint density at radius 3 is 2.21 bits per heavy atom. The van der Waals surface area contributed by atoms with E-state index < -0.39 is 10.0 Å². The van der Waals surface area contributed by atoms with Crippen LogP contribution in [0.4, 0.5) is 0 Å². The molecule has 1 aliphatic heterocycles. The van der Waals surface area contributed by atoms with Crippen LogP contribution in [0.15, 0.2) is 71.6 Å². The summed E-state index contributed by atoms with van der Waals surface area (Å²) in [6.45, 7) is 5.37. The number of rotatable bonds is 6. The number of ether oxygens (including phenoxy) is 1. The topological polar surface area (TPSA) is 79.8 Å². The summed E-state index contributed by atoms with van der Waals surface area (Å²) in [5.41, 5.74) is 3.01. The molecule has 172 valence electrons. The molecule has 0 spiro atoms. The first-order valence-electron chi connectivity index (χ1n) is 11.0. The summed E-state index contributed by atoms with van der Waals surface area (Å²) < 4.78 is 32.8. The summed E-state index contributed by atoms with van der Waals surface area (Å²) >= 11 is 0. The Labute approximate surface area is 194 Å². The van der Waals surface area contributed by atoms with Gasteiger partial charge in [0.25, 0.3) is 5.91 Å². The largest absolute Gasteiger partial charge is 0.494 e. The maximum absolute atomic E-state index is 13.1. The molecule has 3 aromatic rings. The first-order chi connectivity index (χ1) is 15.9. The van der Waals surface area contributed by atoms with Crippen molar-refractivity contribution in [2.45, 2.75) is 18.7 Å². The number of hydrogen-bond donors (Lipinski definition) is 0. The minimum atomic E-state index is -3.62. The maximum atomic E-state index is 13.1. The summed E-state index contributed by atoms with van der Waals surface area (Å²) in [5.74, 6) is 0.506. The molecule has 1 amide bonds. The minimum Gasteiger partial charge on any atom is -0.494 e. The van der Waals surface area contributed by atoms with E-state index in [9.17, 15) is 13.2 Å². The van der Waals surface area contributed by atoms with Gasteiger partial charge in [-0.1, -0.05) is 30.3 Å². The van der Waals surface area contributed by atoms with Crippen LogP contribution >= 0.6 is 0 Å². The molecule has 1 saturated heterocycles. The molecule has 0 saturated carbocycles. The molecule has 1 aromatic heterocycles. The summed E-state index contributed by atoms with van der Waals surface area (Å²) in [6, 6.07) is 19.9. The smallest absolute Gasteiger partial charge is 0.255 e. The third-order valence-corrected chi connectivity index (χ3v) is 7.60. The number of piperazine rings is 1. The van der Waals surface area contributed by atoms with Crippen molar-refractivity contribution in [2.24, 2.45) is 0 Å². The fourth-order valence-electron chi connectivity index (χ4n) is 3.88. The number of carbonyl (C=O) groups excluding carboxylic acids is 1. The Bertz CT molecular complexity index is 1220. The summed E-state index contributed by atoms with van der Waals surface area (Å²) in [6.07, 6.45) is 0. The second kappa shape index (κ2) is 9.72. The van der Waals surface area contributed by atoms with Crippen molar-refractivity contribution in [2.75, 3.05) is 32.8 Å². The fraction of sp³-hybridized carbons (Fsp3) is 0.280. The fourth-order valence-corrected chi connectivity index (χ4v) is 5.30. The molecule has 1 fully saturated rings. The van der Waals surface area contributed by atoms with E-state index in [0.29, 0.717) is 36.7 Å². The quantitative estimate of drug-likeness (QED) is 0.556. The highest BCUT2D eigenvalue weighted by Crippen LogP contribution is 2.23. The number of carbonyl (C=O) groups is 1.